The van der Waals surface area contributed by atoms with Crippen LogP contribution in [0.1, 0.15) is 37.1 Å². The van der Waals surface area contributed by atoms with Crippen molar-refractivity contribution < 1.29 is 5.11 Å². The Morgan fingerprint density at radius 3 is 3.13 bits per heavy atom. The summed E-state index contributed by atoms with van der Waals surface area (Å²) in [5.74, 6) is 0. The summed E-state index contributed by atoms with van der Waals surface area (Å²) in [6, 6.07) is 0.208. The fraction of sp³-hybridized carbons (Fsp3) is 0.727. The number of aliphatic hydroxyl groups excluding tert-OH is 1. The van der Waals surface area contributed by atoms with Crippen LogP contribution in [0.5, 0.6) is 0 Å². The standard InChI is InChI=1S/C11H19N3O/c1-3-9-8(7-14(2)13-9)11(15)10-5-4-6-12-10/h7,10-12,15H,3-6H2,1-2H3. The lowest BCUT2D eigenvalue weighted by Gasteiger charge is -2.17. The molecule has 0 saturated carbocycles. The number of rotatable bonds is 3. The first-order valence-electron chi connectivity index (χ1n) is 5.66. The molecule has 1 saturated heterocycles. The highest BCUT2D eigenvalue weighted by Gasteiger charge is 2.26. The van der Waals surface area contributed by atoms with E-state index in [2.05, 4.69) is 17.3 Å². The number of nitrogens with zero attached hydrogens (tertiary/aromatic N) is 2. The molecule has 4 heteroatoms. The van der Waals surface area contributed by atoms with Gasteiger partial charge in [0, 0.05) is 24.8 Å². The van der Waals surface area contributed by atoms with E-state index in [9.17, 15) is 5.11 Å². The molecule has 0 aromatic carbocycles. The lowest BCUT2D eigenvalue weighted by molar-refractivity contribution is 0.136. The molecule has 0 bridgehead atoms. The van der Waals surface area contributed by atoms with Crippen molar-refractivity contribution in [2.24, 2.45) is 7.05 Å². The van der Waals surface area contributed by atoms with Gasteiger partial charge in [0.1, 0.15) is 0 Å². The maximum Gasteiger partial charge on any atom is 0.0975 e. The van der Waals surface area contributed by atoms with Crippen LogP contribution in [0, 0.1) is 0 Å². The molecule has 2 unspecified atom stereocenters. The van der Waals surface area contributed by atoms with Crippen LogP contribution in [-0.2, 0) is 13.5 Å². The first-order valence-corrected chi connectivity index (χ1v) is 5.66. The summed E-state index contributed by atoms with van der Waals surface area (Å²) in [4.78, 5) is 0. The van der Waals surface area contributed by atoms with Crippen LogP contribution in [0.4, 0.5) is 0 Å². The number of nitrogens with one attached hydrogen (secondary N) is 1. The molecule has 0 radical (unpaired) electrons. The van der Waals surface area contributed by atoms with Gasteiger partial charge in [-0.25, -0.2) is 0 Å². The monoisotopic (exact) mass is 209 g/mol. The van der Waals surface area contributed by atoms with Crippen molar-refractivity contribution in [3.63, 3.8) is 0 Å². The van der Waals surface area contributed by atoms with Crippen LogP contribution < -0.4 is 5.32 Å². The van der Waals surface area contributed by atoms with Crippen molar-refractivity contribution in [1.29, 1.82) is 0 Å². The Balaban J connectivity index is 2.19. The van der Waals surface area contributed by atoms with E-state index < -0.39 is 6.10 Å². The third-order valence-electron chi connectivity index (χ3n) is 3.07. The van der Waals surface area contributed by atoms with Crippen LogP contribution in [0.25, 0.3) is 0 Å². The lowest BCUT2D eigenvalue weighted by Crippen LogP contribution is -2.29. The molecule has 84 valence electrons. The predicted octanol–water partition coefficient (Wildman–Crippen LogP) is 0.768. The molecule has 0 aliphatic carbocycles. The fourth-order valence-corrected chi connectivity index (χ4v) is 2.27. The van der Waals surface area contributed by atoms with Crippen molar-refractivity contribution >= 4 is 0 Å². The van der Waals surface area contributed by atoms with Crippen molar-refractivity contribution in [1.82, 2.24) is 15.1 Å². The molecule has 0 spiro atoms. The summed E-state index contributed by atoms with van der Waals surface area (Å²) in [7, 11) is 1.90. The Morgan fingerprint density at radius 2 is 2.53 bits per heavy atom. The molecule has 2 heterocycles. The summed E-state index contributed by atoms with van der Waals surface area (Å²) in [5.41, 5.74) is 2.00. The molecule has 2 N–H and O–H groups in total. The van der Waals surface area contributed by atoms with Crippen molar-refractivity contribution in [3.8, 4) is 0 Å². The van der Waals surface area contributed by atoms with E-state index >= 15 is 0 Å². The number of aliphatic hydroxyl groups is 1. The maximum absolute atomic E-state index is 10.2. The SMILES string of the molecule is CCc1nn(C)cc1C(O)C1CCCN1. The Morgan fingerprint density at radius 1 is 1.73 bits per heavy atom. The zero-order valence-electron chi connectivity index (χ0n) is 9.40. The van der Waals surface area contributed by atoms with Crippen molar-refractivity contribution in [3.05, 3.63) is 17.5 Å². The van der Waals surface area contributed by atoms with Gasteiger partial charge in [-0.15, -0.1) is 0 Å². The van der Waals surface area contributed by atoms with E-state index in [1.165, 1.54) is 0 Å². The highest BCUT2D eigenvalue weighted by molar-refractivity contribution is 5.21. The second kappa shape index (κ2) is 4.33. The molecule has 4 nitrogen and oxygen atoms in total. The quantitative estimate of drug-likeness (QED) is 0.773. The van der Waals surface area contributed by atoms with E-state index in [0.29, 0.717) is 0 Å². The van der Waals surface area contributed by atoms with Crippen LogP contribution in [0.15, 0.2) is 6.20 Å². The highest BCUT2D eigenvalue weighted by Crippen LogP contribution is 2.25. The topological polar surface area (TPSA) is 50.1 Å². The molecule has 1 aliphatic heterocycles. The average Bonchev–Trinajstić information content (AvgIpc) is 2.84. The summed E-state index contributed by atoms with van der Waals surface area (Å²) in [6.07, 6.45) is 4.61. The molecule has 2 atom stereocenters. The second-order valence-electron chi connectivity index (χ2n) is 4.21. The van der Waals surface area contributed by atoms with Gasteiger partial charge >= 0.3 is 0 Å². The highest BCUT2D eigenvalue weighted by atomic mass is 16.3. The smallest absolute Gasteiger partial charge is 0.0975 e. The van der Waals surface area contributed by atoms with Gasteiger partial charge in [0.25, 0.3) is 0 Å². The molecule has 1 aliphatic rings. The second-order valence-corrected chi connectivity index (χ2v) is 4.21. The summed E-state index contributed by atoms with van der Waals surface area (Å²) in [6.45, 7) is 3.09. The number of aryl methyl sites for hydroxylation is 2. The first kappa shape index (κ1) is 10.6. The maximum atomic E-state index is 10.2. The van der Waals surface area contributed by atoms with E-state index in [1.807, 2.05) is 13.2 Å². The number of hydrogen-bond acceptors (Lipinski definition) is 3. The minimum Gasteiger partial charge on any atom is -0.387 e. The van der Waals surface area contributed by atoms with Crippen molar-refractivity contribution in [2.75, 3.05) is 6.54 Å². The molecule has 15 heavy (non-hydrogen) atoms. The molecule has 1 aromatic heterocycles. The van der Waals surface area contributed by atoms with Gasteiger partial charge in [-0.05, 0) is 25.8 Å². The van der Waals surface area contributed by atoms with E-state index in [1.54, 1.807) is 4.68 Å². The molecule has 1 fully saturated rings. The minimum atomic E-state index is -0.406. The lowest BCUT2D eigenvalue weighted by atomic mass is 10.0. The average molecular weight is 209 g/mol. The van der Waals surface area contributed by atoms with Gasteiger partial charge in [-0.2, -0.15) is 5.10 Å². The summed E-state index contributed by atoms with van der Waals surface area (Å²) >= 11 is 0. The van der Waals surface area contributed by atoms with Crippen LogP contribution in [0.3, 0.4) is 0 Å². The van der Waals surface area contributed by atoms with Gasteiger partial charge < -0.3 is 10.4 Å². The number of aromatic nitrogens is 2. The summed E-state index contributed by atoms with van der Waals surface area (Å²) < 4.78 is 1.78. The number of hydrogen-bond donors (Lipinski definition) is 2. The van der Waals surface area contributed by atoms with Gasteiger partial charge in [0.2, 0.25) is 0 Å². The molecular formula is C11H19N3O. The van der Waals surface area contributed by atoms with E-state index in [4.69, 9.17) is 0 Å². The molecule has 1 aromatic rings. The zero-order chi connectivity index (χ0) is 10.8. The Labute approximate surface area is 90.3 Å². The van der Waals surface area contributed by atoms with Crippen LogP contribution >= 0.6 is 0 Å². The van der Waals surface area contributed by atoms with Crippen LogP contribution in [-0.4, -0.2) is 27.5 Å². The van der Waals surface area contributed by atoms with E-state index in [0.717, 1.165) is 37.1 Å². The Bertz CT molecular complexity index is 329. The van der Waals surface area contributed by atoms with Gasteiger partial charge in [0.05, 0.1) is 11.8 Å². The van der Waals surface area contributed by atoms with Gasteiger partial charge in [0.15, 0.2) is 0 Å². The zero-order valence-corrected chi connectivity index (χ0v) is 9.40. The molecular weight excluding hydrogens is 190 g/mol. The van der Waals surface area contributed by atoms with Gasteiger partial charge in [-0.3, -0.25) is 4.68 Å². The van der Waals surface area contributed by atoms with Crippen LogP contribution in [0.2, 0.25) is 0 Å². The Kier molecular flexibility index (Phi) is 3.07. The Hall–Kier alpha value is -0.870. The first-order chi connectivity index (χ1) is 7.22. The molecule has 2 rings (SSSR count). The van der Waals surface area contributed by atoms with E-state index in [-0.39, 0.29) is 6.04 Å². The predicted molar refractivity (Wildman–Crippen MR) is 58.6 cm³/mol. The largest absolute Gasteiger partial charge is 0.387 e. The summed E-state index contributed by atoms with van der Waals surface area (Å²) in [5, 5.41) is 17.9. The third-order valence-corrected chi connectivity index (χ3v) is 3.07. The molecule has 0 amide bonds. The fourth-order valence-electron chi connectivity index (χ4n) is 2.27. The van der Waals surface area contributed by atoms with Crippen molar-refractivity contribution in [2.45, 2.75) is 38.3 Å². The normalized spacial score (nSPS) is 23.3. The van der Waals surface area contributed by atoms with Gasteiger partial charge in [-0.1, -0.05) is 6.92 Å². The third kappa shape index (κ3) is 2.06. The minimum absolute atomic E-state index is 0.208.